The van der Waals surface area contributed by atoms with E-state index in [1.807, 2.05) is 7.05 Å². The first kappa shape index (κ1) is 15.6. The molecule has 2 fully saturated rings. The first-order valence-electron chi connectivity index (χ1n) is 7.94. The van der Waals surface area contributed by atoms with Crippen LogP contribution in [0.3, 0.4) is 0 Å². The molecule has 1 N–H and O–H groups in total. The van der Waals surface area contributed by atoms with Crippen LogP contribution in [0.2, 0.25) is 0 Å². The Bertz CT molecular complexity index is 330. The molecule has 5 nitrogen and oxygen atoms in total. The maximum absolute atomic E-state index is 4.47. The smallest absolute Gasteiger partial charge is 0.193 e. The van der Waals surface area contributed by atoms with Gasteiger partial charge in [0, 0.05) is 52.4 Å². The minimum atomic E-state index is 0.577. The van der Waals surface area contributed by atoms with Crippen molar-refractivity contribution < 1.29 is 0 Å². The zero-order chi connectivity index (χ0) is 14.5. The minimum Gasteiger partial charge on any atom is -0.355 e. The summed E-state index contributed by atoms with van der Waals surface area (Å²) < 4.78 is 0. The molecule has 2 aliphatic rings. The van der Waals surface area contributed by atoms with Crippen LogP contribution in [-0.2, 0) is 0 Å². The topological polar surface area (TPSA) is 34.1 Å². The van der Waals surface area contributed by atoms with E-state index in [2.05, 4.69) is 46.0 Å². The molecular formula is C15H31N5. The van der Waals surface area contributed by atoms with Crippen LogP contribution in [0.1, 0.15) is 19.8 Å². The lowest BCUT2D eigenvalue weighted by Gasteiger charge is -2.39. The van der Waals surface area contributed by atoms with E-state index < -0.39 is 0 Å². The Morgan fingerprint density at radius 2 is 2.00 bits per heavy atom. The van der Waals surface area contributed by atoms with Gasteiger partial charge in [0.1, 0.15) is 0 Å². The molecule has 0 aromatic heterocycles. The fourth-order valence-corrected chi connectivity index (χ4v) is 3.25. The molecule has 2 unspecified atom stereocenters. The number of hydrogen-bond acceptors (Lipinski definition) is 3. The monoisotopic (exact) mass is 281 g/mol. The third-order valence-electron chi connectivity index (χ3n) is 4.64. The lowest BCUT2D eigenvalue weighted by atomic mass is 10.0. The fraction of sp³-hybridized carbons (Fsp3) is 0.933. The summed E-state index contributed by atoms with van der Waals surface area (Å²) in [5.41, 5.74) is 0. The summed E-state index contributed by atoms with van der Waals surface area (Å²) in [5.74, 6) is 1.86. The number of nitrogens with one attached hydrogen (secondary N) is 1. The van der Waals surface area contributed by atoms with E-state index in [9.17, 15) is 0 Å². The van der Waals surface area contributed by atoms with Gasteiger partial charge in [-0.25, -0.2) is 0 Å². The lowest BCUT2D eigenvalue weighted by molar-refractivity contribution is 0.115. The maximum atomic E-state index is 4.47. The number of nitrogens with zero attached hydrogens (tertiary/aromatic N) is 4. The Hall–Kier alpha value is -0.810. The maximum Gasteiger partial charge on any atom is 0.193 e. The average molecular weight is 281 g/mol. The van der Waals surface area contributed by atoms with Gasteiger partial charge in [0.2, 0.25) is 0 Å². The molecule has 2 atom stereocenters. The third kappa shape index (κ3) is 4.09. The molecule has 0 saturated carbocycles. The van der Waals surface area contributed by atoms with Crippen molar-refractivity contribution in [2.24, 2.45) is 10.9 Å². The fourth-order valence-electron chi connectivity index (χ4n) is 3.25. The van der Waals surface area contributed by atoms with Crippen molar-refractivity contribution in [3.8, 4) is 0 Å². The predicted octanol–water partition coefficient (Wildman–Crippen LogP) is 0.540. The van der Waals surface area contributed by atoms with E-state index in [0.717, 1.165) is 44.6 Å². The molecule has 2 rings (SSSR count). The molecule has 0 radical (unpaired) electrons. The van der Waals surface area contributed by atoms with Crippen LogP contribution >= 0.6 is 0 Å². The average Bonchev–Trinajstić information content (AvgIpc) is 2.43. The van der Waals surface area contributed by atoms with Crippen molar-refractivity contribution >= 4 is 5.96 Å². The second-order valence-corrected chi connectivity index (χ2v) is 6.52. The molecule has 0 aliphatic carbocycles. The standard InChI is InChI=1S/C15H31N5/c1-13-6-5-7-20(11-13)15(16-2)17-10-14-12-18(3)8-9-19(14)4/h13-14H,5-12H2,1-4H3,(H,16,17). The van der Waals surface area contributed by atoms with Gasteiger partial charge in [-0.15, -0.1) is 0 Å². The number of piperazine rings is 1. The summed E-state index contributed by atoms with van der Waals surface area (Å²) in [7, 11) is 6.34. The highest BCUT2D eigenvalue weighted by atomic mass is 15.3. The van der Waals surface area contributed by atoms with Gasteiger partial charge in [0.05, 0.1) is 0 Å². The summed E-state index contributed by atoms with van der Waals surface area (Å²) in [5, 5.41) is 3.59. The van der Waals surface area contributed by atoms with E-state index in [1.54, 1.807) is 0 Å². The molecule has 0 aromatic rings. The van der Waals surface area contributed by atoms with Crippen LogP contribution < -0.4 is 5.32 Å². The zero-order valence-corrected chi connectivity index (χ0v) is 13.6. The van der Waals surface area contributed by atoms with Gasteiger partial charge < -0.3 is 15.1 Å². The van der Waals surface area contributed by atoms with Gasteiger partial charge in [-0.2, -0.15) is 0 Å². The van der Waals surface area contributed by atoms with Gasteiger partial charge in [0.25, 0.3) is 0 Å². The largest absolute Gasteiger partial charge is 0.355 e. The summed E-state index contributed by atoms with van der Waals surface area (Å²) in [4.78, 5) is 11.8. The van der Waals surface area contributed by atoms with E-state index in [1.165, 1.54) is 19.4 Å². The van der Waals surface area contributed by atoms with Gasteiger partial charge in [-0.3, -0.25) is 9.89 Å². The van der Waals surface area contributed by atoms with Gasteiger partial charge in [0.15, 0.2) is 5.96 Å². The van der Waals surface area contributed by atoms with Crippen LogP contribution in [0.4, 0.5) is 0 Å². The Morgan fingerprint density at radius 3 is 2.70 bits per heavy atom. The Balaban J connectivity index is 1.84. The molecule has 2 aliphatic heterocycles. The molecular weight excluding hydrogens is 250 g/mol. The number of piperidine rings is 1. The summed E-state index contributed by atoms with van der Waals surface area (Å²) >= 11 is 0. The highest BCUT2D eigenvalue weighted by Gasteiger charge is 2.24. The predicted molar refractivity (Wildman–Crippen MR) is 85.2 cm³/mol. The van der Waals surface area contributed by atoms with Crippen molar-refractivity contribution in [2.75, 3.05) is 60.4 Å². The van der Waals surface area contributed by atoms with Gasteiger partial charge >= 0.3 is 0 Å². The van der Waals surface area contributed by atoms with Crippen LogP contribution in [0.25, 0.3) is 0 Å². The van der Waals surface area contributed by atoms with Crippen molar-refractivity contribution in [3.05, 3.63) is 0 Å². The number of rotatable bonds is 2. The molecule has 0 amide bonds. The quantitative estimate of drug-likeness (QED) is 0.592. The van der Waals surface area contributed by atoms with Gasteiger partial charge in [-0.05, 0) is 32.9 Å². The van der Waals surface area contributed by atoms with Crippen molar-refractivity contribution in [2.45, 2.75) is 25.8 Å². The second-order valence-electron chi connectivity index (χ2n) is 6.52. The molecule has 2 heterocycles. The highest BCUT2D eigenvalue weighted by molar-refractivity contribution is 5.80. The Morgan fingerprint density at radius 1 is 1.20 bits per heavy atom. The number of likely N-dealkylation sites (N-methyl/N-ethyl adjacent to an activating group) is 2. The van der Waals surface area contributed by atoms with Crippen molar-refractivity contribution in [1.82, 2.24) is 20.0 Å². The Labute approximate surface area is 124 Å². The molecule has 5 heteroatoms. The number of aliphatic imine (C=N–C) groups is 1. The minimum absolute atomic E-state index is 0.577. The molecule has 0 bridgehead atoms. The van der Waals surface area contributed by atoms with Gasteiger partial charge in [-0.1, -0.05) is 6.92 Å². The third-order valence-corrected chi connectivity index (χ3v) is 4.64. The Kier molecular flexibility index (Phi) is 5.66. The number of likely N-dealkylation sites (tertiary alicyclic amines) is 1. The molecule has 116 valence electrons. The van der Waals surface area contributed by atoms with E-state index in [-0.39, 0.29) is 0 Å². The molecule has 2 saturated heterocycles. The SMILES string of the molecule is CN=C(NCC1CN(C)CCN1C)N1CCCC(C)C1. The summed E-state index contributed by atoms with van der Waals surface area (Å²) in [6.07, 6.45) is 2.64. The molecule has 0 spiro atoms. The van der Waals surface area contributed by atoms with E-state index in [4.69, 9.17) is 0 Å². The number of guanidine groups is 1. The van der Waals surface area contributed by atoms with E-state index >= 15 is 0 Å². The van der Waals surface area contributed by atoms with Crippen LogP contribution in [0, 0.1) is 5.92 Å². The van der Waals surface area contributed by atoms with Crippen LogP contribution in [0.5, 0.6) is 0 Å². The first-order chi connectivity index (χ1) is 9.60. The summed E-state index contributed by atoms with van der Waals surface area (Å²) in [6, 6.07) is 0.577. The summed E-state index contributed by atoms with van der Waals surface area (Å²) in [6.45, 7) is 9.07. The zero-order valence-electron chi connectivity index (χ0n) is 13.6. The van der Waals surface area contributed by atoms with E-state index in [0.29, 0.717) is 6.04 Å². The second kappa shape index (κ2) is 7.27. The highest BCUT2D eigenvalue weighted by Crippen LogP contribution is 2.15. The lowest BCUT2D eigenvalue weighted by Crippen LogP contribution is -2.56. The number of hydrogen-bond donors (Lipinski definition) is 1. The van der Waals surface area contributed by atoms with Crippen LogP contribution in [0.15, 0.2) is 4.99 Å². The first-order valence-corrected chi connectivity index (χ1v) is 7.94. The van der Waals surface area contributed by atoms with Crippen molar-refractivity contribution in [1.29, 1.82) is 0 Å². The molecule has 20 heavy (non-hydrogen) atoms. The normalized spacial score (nSPS) is 30.6. The van der Waals surface area contributed by atoms with Crippen LogP contribution in [-0.4, -0.2) is 87.1 Å². The molecule has 0 aromatic carbocycles. The van der Waals surface area contributed by atoms with Crippen molar-refractivity contribution in [3.63, 3.8) is 0 Å².